The molecule has 5 heteroatoms. The fourth-order valence-electron chi connectivity index (χ4n) is 2.00. The van der Waals surface area contributed by atoms with E-state index in [1.807, 2.05) is 6.07 Å². The van der Waals surface area contributed by atoms with Crippen LogP contribution in [-0.4, -0.2) is 5.78 Å². The average Bonchev–Trinajstić information content (AvgIpc) is 2.44. The number of aryl methyl sites for hydroxylation is 1. The lowest BCUT2D eigenvalue weighted by molar-refractivity contribution is -0.137. The van der Waals surface area contributed by atoms with E-state index >= 15 is 0 Å². The van der Waals surface area contributed by atoms with Crippen molar-refractivity contribution in [1.82, 2.24) is 0 Å². The summed E-state index contributed by atoms with van der Waals surface area (Å²) in [5.74, 6) is -0.189. The molecule has 0 aliphatic carbocycles. The number of nitrogen functional groups attached to an aromatic ring is 1. The van der Waals surface area contributed by atoms with Gasteiger partial charge in [-0.25, -0.2) is 0 Å². The fraction of sp³-hybridized carbons (Fsp3) is 0.188. The molecule has 0 radical (unpaired) electrons. The molecule has 0 heterocycles. The van der Waals surface area contributed by atoms with Crippen LogP contribution in [0.5, 0.6) is 0 Å². The Morgan fingerprint density at radius 1 is 1.05 bits per heavy atom. The molecule has 0 unspecified atom stereocenters. The number of benzene rings is 2. The van der Waals surface area contributed by atoms with Gasteiger partial charge < -0.3 is 5.73 Å². The number of Topliss-reactive ketones (excluding diaryl/α,β-unsaturated/α-hetero) is 1. The molecule has 0 aromatic heterocycles. The van der Waals surface area contributed by atoms with Crippen LogP contribution < -0.4 is 5.73 Å². The monoisotopic (exact) mass is 293 g/mol. The van der Waals surface area contributed by atoms with E-state index in [-0.39, 0.29) is 17.8 Å². The molecule has 0 fully saturated rings. The van der Waals surface area contributed by atoms with Crippen molar-refractivity contribution in [3.8, 4) is 0 Å². The highest BCUT2D eigenvalue weighted by Gasteiger charge is 2.30. The highest BCUT2D eigenvalue weighted by molar-refractivity contribution is 5.96. The Kier molecular flexibility index (Phi) is 4.31. The summed E-state index contributed by atoms with van der Waals surface area (Å²) in [6.07, 6.45) is -3.65. The van der Waals surface area contributed by atoms with Gasteiger partial charge in [-0.3, -0.25) is 4.79 Å². The number of carbonyl (C=O) groups excluding carboxylic acids is 1. The number of rotatable bonds is 4. The number of halogens is 3. The van der Waals surface area contributed by atoms with E-state index in [1.165, 1.54) is 12.1 Å². The van der Waals surface area contributed by atoms with Crippen LogP contribution in [-0.2, 0) is 12.6 Å². The predicted octanol–water partition coefficient (Wildman–Crippen LogP) is 4.10. The van der Waals surface area contributed by atoms with Gasteiger partial charge in [0.25, 0.3) is 0 Å². The van der Waals surface area contributed by atoms with Crippen LogP contribution in [0.4, 0.5) is 18.9 Å². The van der Waals surface area contributed by atoms with Gasteiger partial charge in [0.15, 0.2) is 5.78 Å². The van der Waals surface area contributed by atoms with Gasteiger partial charge in [0.2, 0.25) is 0 Å². The number of alkyl halides is 3. The van der Waals surface area contributed by atoms with Gasteiger partial charge in [-0.05, 0) is 36.2 Å². The summed E-state index contributed by atoms with van der Waals surface area (Å²) in [6.45, 7) is 0. The van der Waals surface area contributed by atoms with Gasteiger partial charge in [0, 0.05) is 17.7 Å². The van der Waals surface area contributed by atoms with Crippen molar-refractivity contribution in [2.45, 2.75) is 19.0 Å². The molecule has 0 aliphatic heterocycles. The molecule has 0 spiro atoms. The van der Waals surface area contributed by atoms with Crippen molar-refractivity contribution in [1.29, 1.82) is 0 Å². The number of carbonyl (C=O) groups is 1. The largest absolute Gasteiger partial charge is 0.416 e. The fourth-order valence-corrected chi connectivity index (χ4v) is 2.00. The molecule has 0 saturated carbocycles. The van der Waals surface area contributed by atoms with Crippen LogP contribution >= 0.6 is 0 Å². The molecule has 0 aliphatic rings. The maximum atomic E-state index is 12.4. The third-order valence-electron chi connectivity index (χ3n) is 3.13. The summed E-state index contributed by atoms with van der Waals surface area (Å²) in [4.78, 5) is 12.0. The van der Waals surface area contributed by atoms with Gasteiger partial charge in [0.1, 0.15) is 0 Å². The maximum absolute atomic E-state index is 12.4. The highest BCUT2D eigenvalue weighted by Crippen LogP contribution is 2.29. The normalized spacial score (nSPS) is 11.4. The quantitative estimate of drug-likeness (QED) is 0.681. The van der Waals surface area contributed by atoms with Crippen LogP contribution in [0.3, 0.4) is 0 Å². The van der Waals surface area contributed by atoms with E-state index in [0.29, 0.717) is 12.1 Å². The molecule has 2 aromatic carbocycles. The molecule has 0 amide bonds. The molecule has 0 atom stereocenters. The Labute approximate surface area is 120 Å². The summed E-state index contributed by atoms with van der Waals surface area (Å²) in [5.41, 5.74) is 6.72. The lowest BCUT2D eigenvalue weighted by Crippen LogP contribution is -2.06. The summed E-state index contributed by atoms with van der Waals surface area (Å²) < 4.78 is 37.3. The van der Waals surface area contributed by atoms with Crippen LogP contribution in [0.15, 0.2) is 48.5 Å². The summed E-state index contributed by atoms with van der Waals surface area (Å²) in [6, 6.07) is 11.5. The van der Waals surface area contributed by atoms with Crippen LogP contribution in [0.1, 0.15) is 27.9 Å². The summed E-state index contributed by atoms with van der Waals surface area (Å²) in [5, 5.41) is 0. The number of ketones is 1. The molecule has 110 valence electrons. The zero-order valence-corrected chi connectivity index (χ0v) is 11.2. The van der Waals surface area contributed by atoms with E-state index in [4.69, 9.17) is 5.73 Å². The van der Waals surface area contributed by atoms with Crippen molar-refractivity contribution in [2.75, 3.05) is 5.73 Å². The summed E-state index contributed by atoms with van der Waals surface area (Å²) in [7, 11) is 0. The molecule has 0 bridgehead atoms. The average molecular weight is 293 g/mol. The Morgan fingerprint density at radius 3 is 2.29 bits per heavy atom. The van der Waals surface area contributed by atoms with Gasteiger partial charge in [-0.2, -0.15) is 13.2 Å². The SMILES string of the molecule is Nc1cccc(CCC(=O)c2ccc(C(F)(F)F)cc2)c1. The van der Waals surface area contributed by atoms with E-state index in [1.54, 1.807) is 18.2 Å². The minimum absolute atomic E-state index is 0.189. The van der Waals surface area contributed by atoms with Gasteiger partial charge in [-0.15, -0.1) is 0 Å². The van der Waals surface area contributed by atoms with Crippen LogP contribution in [0.2, 0.25) is 0 Å². The van der Waals surface area contributed by atoms with E-state index in [2.05, 4.69) is 0 Å². The second-order valence-electron chi connectivity index (χ2n) is 4.74. The third-order valence-corrected chi connectivity index (χ3v) is 3.13. The van der Waals surface area contributed by atoms with Crippen molar-refractivity contribution >= 4 is 11.5 Å². The highest BCUT2D eigenvalue weighted by atomic mass is 19.4. The van der Waals surface area contributed by atoms with Gasteiger partial charge in [0.05, 0.1) is 5.56 Å². The van der Waals surface area contributed by atoms with E-state index < -0.39 is 11.7 Å². The third kappa shape index (κ3) is 4.08. The first-order valence-electron chi connectivity index (χ1n) is 6.41. The Bertz CT molecular complexity index is 633. The Hall–Kier alpha value is -2.30. The first-order valence-corrected chi connectivity index (χ1v) is 6.41. The lowest BCUT2D eigenvalue weighted by Gasteiger charge is -2.07. The number of hydrogen-bond donors (Lipinski definition) is 1. The van der Waals surface area contributed by atoms with Gasteiger partial charge in [-0.1, -0.05) is 24.3 Å². The van der Waals surface area contributed by atoms with Gasteiger partial charge >= 0.3 is 6.18 Å². The minimum atomic E-state index is -4.39. The molecule has 2 rings (SSSR count). The Morgan fingerprint density at radius 2 is 1.71 bits per heavy atom. The Balaban J connectivity index is 2.00. The van der Waals surface area contributed by atoms with Crippen LogP contribution in [0.25, 0.3) is 0 Å². The second-order valence-corrected chi connectivity index (χ2v) is 4.74. The van der Waals surface area contributed by atoms with Crippen molar-refractivity contribution in [3.05, 3.63) is 65.2 Å². The van der Waals surface area contributed by atoms with Crippen molar-refractivity contribution in [3.63, 3.8) is 0 Å². The number of nitrogens with two attached hydrogens (primary N) is 1. The summed E-state index contributed by atoms with van der Waals surface area (Å²) >= 11 is 0. The predicted molar refractivity (Wildman–Crippen MR) is 74.9 cm³/mol. The maximum Gasteiger partial charge on any atom is 0.416 e. The zero-order chi connectivity index (χ0) is 15.5. The standard InChI is InChI=1S/C16H14F3NO/c17-16(18,19)13-7-5-12(6-8-13)15(21)9-4-11-2-1-3-14(20)10-11/h1-3,5-8,10H,4,9,20H2. The first kappa shape index (κ1) is 15.1. The number of hydrogen-bond acceptors (Lipinski definition) is 2. The number of anilines is 1. The van der Waals surface area contributed by atoms with Crippen molar-refractivity contribution < 1.29 is 18.0 Å². The molecule has 0 saturated heterocycles. The molecule has 2 N–H and O–H groups in total. The van der Waals surface area contributed by atoms with Crippen molar-refractivity contribution in [2.24, 2.45) is 0 Å². The first-order chi connectivity index (χ1) is 9.86. The second kappa shape index (κ2) is 5.99. The smallest absolute Gasteiger partial charge is 0.399 e. The van der Waals surface area contributed by atoms with Crippen LogP contribution in [0, 0.1) is 0 Å². The molecule has 2 nitrogen and oxygen atoms in total. The minimum Gasteiger partial charge on any atom is -0.399 e. The van der Waals surface area contributed by atoms with E-state index in [9.17, 15) is 18.0 Å². The molecule has 2 aromatic rings. The lowest BCUT2D eigenvalue weighted by atomic mass is 10.0. The molecular weight excluding hydrogens is 279 g/mol. The van der Waals surface area contributed by atoms with E-state index in [0.717, 1.165) is 17.7 Å². The topological polar surface area (TPSA) is 43.1 Å². The molecule has 21 heavy (non-hydrogen) atoms. The molecular formula is C16H14F3NO. The zero-order valence-electron chi connectivity index (χ0n) is 11.2.